The Kier molecular flexibility index (Phi) is 7.31. The number of methoxy groups -OCH3 is 1. The highest BCUT2D eigenvalue weighted by Gasteiger charge is 2.31. The molecule has 4 nitrogen and oxygen atoms in total. The van der Waals surface area contributed by atoms with Crippen LogP contribution in [0.5, 0.6) is 5.75 Å². The second-order valence-corrected chi connectivity index (χ2v) is 10.1. The van der Waals surface area contributed by atoms with Crippen molar-refractivity contribution in [1.82, 2.24) is 9.55 Å². The van der Waals surface area contributed by atoms with Crippen LogP contribution in [-0.4, -0.2) is 22.9 Å². The molecular formula is C28H22ClF3N2O2S. The molecule has 190 valence electrons. The van der Waals surface area contributed by atoms with Crippen LogP contribution in [0.3, 0.4) is 0 Å². The zero-order valence-corrected chi connectivity index (χ0v) is 21.4. The minimum Gasteiger partial charge on any atom is -0.495 e. The molecule has 0 aliphatic heterocycles. The molecule has 1 heterocycles. The average molecular weight is 543 g/mol. The minimum absolute atomic E-state index is 0.0344. The van der Waals surface area contributed by atoms with Gasteiger partial charge in [-0.2, -0.15) is 0 Å². The van der Waals surface area contributed by atoms with E-state index < -0.39 is 11.6 Å². The number of imidazole rings is 1. The molecule has 1 aliphatic carbocycles. The van der Waals surface area contributed by atoms with E-state index in [1.807, 2.05) is 16.7 Å². The molecule has 3 aromatic carbocycles. The largest absolute Gasteiger partial charge is 0.495 e. The summed E-state index contributed by atoms with van der Waals surface area (Å²) >= 11 is 7.45. The van der Waals surface area contributed by atoms with Crippen LogP contribution in [0.2, 0.25) is 5.02 Å². The number of aromatic nitrogens is 2. The number of aldehydes is 1. The number of ether oxygens (including phenoxy) is 1. The van der Waals surface area contributed by atoms with Crippen molar-refractivity contribution in [1.29, 1.82) is 0 Å². The minimum atomic E-state index is -0.787. The monoisotopic (exact) mass is 542 g/mol. The summed E-state index contributed by atoms with van der Waals surface area (Å²) in [5, 5.41) is 1.05. The highest BCUT2D eigenvalue weighted by Crippen LogP contribution is 2.42. The lowest BCUT2D eigenvalue weighted by Crippen LogP contribution is -2.15. The van der Waals surface area contributed by atoms with E-state index in [1.165, 1.54) is 23.9 Å². The molecule has 5 rings (SSSR count). The van der Waals surface area contributed by atoms with Gasteiger partial charge in [-0.05, 0) is 73.4 Å². The molecule has 9 heteroatoms. The van der Waals surface area contributed by atoms with Crippen molar-refractivity contribution in [3.63, 3.8) is 0 Å². The molecule has 0 N–H and O–H groups in total. The number of carbonyl (C=O) groups is 1. The molecule has 4 aromatic rings. The van der Waals surface area contributed by atoms with Gasteiger partial charge in [0.2, 0.25) is 0 Å². The van der Waals surface area contributed by atoms with Crippen LogP contribution in [0, 0.1) is 17.5 Å². The number of fused-ring (bicyclic) bond motifs is 1. The van der Waals surface area contributed by atoms with Gasteiger partial charge in [-0.3, -0.25) is 9.36 Å². The van der Waals surface area contributed by atoms with Crippen LogP contribution in [-0.2, 0) is 12.2 Å². The van der Waals surface area contributed by atoms with Crippen molar-refractivity contribution in [2.24, 2.45) is 0 Å². The first-order valence-electron chi connectivity index (χ1n) is 11.7. The molecule has 0 amide bonds. The summed E-state index contributed by atoms with van der Waals surface area (Å²) in [6, 6.07) is 13.8. The van der Waals surface area contributed by atoms with E-state index in [1.54, 1.807) is 25.3 Å². The Morgan fingerprint density at radius 3 is 2.51 bits per heavy atom. The molecule has 0 spiro atoms. The molecule has 0 saturated carbocycles. The molecule has 1 unspecified atom stereocenters. The standard InChI is InChI=1S/C28H22ClF3N2O2S/c1-36-26-13-17(5-10-22(26)29)20-3-2-4-25-27(20)34(19-8-6-18(30)7-9-19)28(33-25)37-15-21-23(31)11-16(14-35)12-24(21)32/h5-14,20H,2-4,15H2,1H3. The summed E-state index contributed by atoms with van der Waals surface area (Å²) in [5.74, 6) is -1.45. The smallest absolute Gasteiger partial charge is 0.173 e. The molecule has 0 bridgehead atoms. The van der Waals surface area contributed by atoms with Gasteiger partial charge < -0.3 is 4.74 Å². The zero-order chi connectivity index (χ0) is 26.1. The predicted molar refractivity (Wildman–Crippen MR) is 138 cm³/mol. The van der Waals surface area contributed by atoms with Gasteiger partial charge in [-0.1, -0.05) is 29.4 Å². The number of carbonyl (C=O) groups excluding carboxylic acids is 1. The number of benzene rings is 3. The number of thioether (sulfide) groups is 1. The Bertz CT molecular complexity index is 1450. The summed E-state index contributed by atoms with van der Waals surface area (Å²) < 4.78 is 50.3. The maximum Gasteiger partial charge on any atom is 0.173 e. The Balaban J connectivity index is 1.60. The van der Waals surface area contributed by atoms with Gasteiger partial charge in [-0.25, -0.2) is 18.2 Å². The first-order chi connectivity index (χ1) is 17.9. The van der Waals surface area contributed by atoms with Crippen LogP contribution in [0.1, 0.15) is 51.6 Å². The fraction of sp³-hybridized carbons (Fsp3) is 0.214. The average Bonchev–Trinajstić information content (AvgIpc) is 3.27. The first kappa shape index (κ1) is 25.4. The SMILES string of the molecule is COc1cc(C2CCCc3nc(SCc4c(F)cc(C=O)cc4F)n(-c4ccc(F)cc4)c32)ccc1Cl. The highest BCUT2D eigenvalue weighted by atomic mass is 35.5. The van der Waals surface area contributed by atoms with E-state index >= 15 is 0 Å². The number of hydrogen-bond donors (Lipinski definition) is 0. The van der Waals surface area contributed by atoms with Crippen molar-refractivity contribution < 1.29 is 22.7 Å². The van der Waals surface area contributed by atoms with Crippen LogP contribution in [0.25, 0.3) is 5.69 Å². The molecule has 0 radical (unpaired) electrons. The van der Waals surface area contributed by atoms with E-state index in [0.29, 0.717) is 27.9 Å². The lowest BCUT2D eigenvalue weighted by molar-refractivity contribution is 0.112. The fourth-order valence-electron chi connectivity index (χ4n) is 4.73. The summed E-state index contributed by atoms with van der Waals surface area (Å²) in [6.07, 6.45) is 2.91. The van der Waals surface area contributed by atoms with E-state index in [0.717, 1.165) is 48.3 Å². The number of nitrogens with zero attached hydrogens (tertiary/aromatic N) is 2. The number of hydrogen-bond acceptors (Lipinski definition) is 4. The topological polar surface area (TPSA) is 44.1 Å². The Hall–Kier alpha value is -3.23. The molecule has 0 saturated heterocycles. The lowest BCUT2D eigenvalue weighted by Gasteiger charge is -2.26. The lowest BCUT2D eigenvalue weighted by atomic mass is 9.84. The Morgan fingerprint density at radius 1 is 1.11 bits per heavy atom. The second-order valence-electron chi connectivity index (χ2n) is 8.75. The zero-order valence-electron chi connectivity index (χ0n) is 19.8. The van der Waals surface area contributed by atoms with E-state index in [2.05, 4.69) is 0 Å². The van der Waals surface area contributed by atoms with Gasteiger partial charge in [0.15, 0.2) is 5.16 Å². The van der Waals surface area contributed by atoms with Crippen molar-refractivity contribution in [3.05, 3.63) is 105 Å². The van der Waals surface area contributed by atoms with Gasteiger partial charge in [0, 0.05) is 28.5 Å². The predicted octanol–water partition coefficient (Wildman–Crippen LogP) is 7.52. The Morgan fingerprint density at radius 2 is 1.84 bits per heavy atom. The number of aryl methyl sites for hydroxylation is 1. The van der Waals surface area contributed by atoms with Crippen LogP contribution < -0.4 is 4.74 Å². The van der Waals surface area contributed by atoms with Crippen LogP contribution >= 0.6 is 23.4 Å². The van der Waals surface area contributed by atoms with Gasteiger partial charge in [0.05, 0.1) is 23.5 Å². The first-order valence-corrected chi connectivity index (χ1v) is 13.0. The summed E-state index contributed by atoms with van der Waals surface area (Å²) in [7, 11) is 1.56. The number of rotatable bonds is 7. The van der Waals surface area contributed by atoms with E-state index in [9.17, 15) is 18.0 Å². The van der Waals surface area contributed by atoms with E-state index in [-0.39, 0.29) is 28.6 Å². The van der Waals surface area contributed by atoms with Gasteiger partial charge in [0.1, 0.15) is 29.5 Å². The summed E-state index contributed by atoms with van der Waals surface area (Å²) in [4.78, 5) is 15.8. The van der Waals surface area contributed by atoms with Crippen LogP contribution in [0.4, 0.5) is 13.2 Å². The van der Waals surface area contributed by atoms with Crippen molar-refractivity contribution in [3.8, 4) is 11.4 Å². The molecule has 0 fully saturated rings. The quantitative estimate of drug-likeness (QED) is 0.179. The van der Waals surface area contributed by atoms with Crippen molar-refractivity contribution >= 4 is 29.6 Å². The maximum absolute atomic E-state index is 14.6. The second kappa shape index (κ2) is 10.6. The maximum atomic E-state index is 14.6. The van der Waals surface area contributed by atoms with Crippen LogP contribution in [0.15, 0.2) is 59.8 Å². The molecule has 1 atom stereocenters. The van der Waals surface area contributed by atoms with E-state index in [4.69, 9.17) is 21.3 Å². The van der Waals surface area contributed by atoms with Gasteiger partial charge >= 0.3 is 0 Å². The summed E-state index contributed by atoms with van der Waals surface area (Å²) in [5.41, 5.74) is 3.33. The highest BCUT2D eigenvalue weighted by molar-refractivity contribution is 7.98. The third-order valence-corrected chi connectivity index (χ3v) is 7.78. The molecule has 37 heavy (non-hydrogen) atoms. The Labute approximate surface area is 221 Å². The number of halogens is 4. The van der Waals surface area contributed by atoms with Crippen molar-refractivity contribution in [2.75, 3.05) is 7.11 Å². The molecular weight excluding hydrogens is 521 g/mol. The third-order valence-electron chi connectivity index (χ3n) is 6.50. The van der Waals surface area contributed by atoms with Crippen molar-refractivity contribution in [2.45, 2.75) is 36.1 Å². The van der Waals surface area contributed by atoms with Gasteiger partial charge in [-0.15, -0.1) is 0 Å². The normalized spacial score (nSPS) is 14.9. The fourth-order valence-corrected chi connectivity index (χ4v) is 5.98. The van der Waals surface area contributed by atoms with Gasteiger partial charge in [0.25, 0.3) is 0 Å². The summed E-state index contributed by atoms with van der Waals surface area (Å²) in [6.45, 7) is 0. The third kappa shape index (κ3) is 5.00. The molecule has 1 aliphatic rings. The molecule has 1 aromatic heterocycles.